The zero-order chi connectivity index (χ0) is 18.1. The van der Waals surface area contributed by atoms with E-state index < -0.39 is 0 Å². The minimum absolute atomic E-state index is 0.0218. The van der Waals surface area contributed by atoms with Gasteiger partial charge < -0.3 is 4.74 Å². The first-order valence-electron chi connectivity index (χ1n) is 9.61. The first kappa shape index (κ1) is 15.2. The maximum atomic E-state index is 13.1. The van der Waals surface area contributed by atoms with Gasteiger partial charge in [-0.3, -0.25) is 14.5 Å². The second-order valence-corrected chi connectivity index (χ2v) is 8.08. The van der Waals surface area contributed by atoms with E-state index >= 15 is 0 Å². The van der Waals surface area contributed by atoms with Crippen molar-refractivity contribution in [2.75, 3.05) is 4.90 Å². The molecule has 0 unspecified atom stereocenters. The van der Waals surface area contributed by atoms with E-state index in [1.54, 1.807) is 0 Å². The molecule has 2 saturated carbocycles. The van der Waals surface area contributed by atoms with Gasteiger partial charge in [-0.05, 0) is 66.5 Å². The summed E-state index contributed by atoms with van der Waals surface area (Å²) >= 11 is 0. The molecule has 2 aromatic rings. The van der Waals surface area contributed by atoms with Crippen LogP contribution in [0.15, 0.2) is 66.7 Å². The number of carbonyl (C=O) groups excluding carboxylic acids is 2. The quantitative estimate of drug-likeness (QED) is 0.615. The third-order valence-corrected chi connectivity index (χ3v) is 6.74. The van der Waals surface area contributed by atoms with Crippen LogP contribution in [0.4, 0.5) is 5.69 Å². The van der Waals surface area contributed by atoms with Crippen LogP contribution in [0.2, 0.25) is 0 Å². The molecule has 4 nitrogen and oxygen atoms in total. The van der Waals surface area contributed by atoms with Gasteiger partial charge in [0.1, 0.15) is 11.5 Å². The number of hydrogen-bond acceptors (Lipinski definition) is 3. The zero-order valence-corrected chi connectivity index (χ0v) is 14.7. The Bertz CT molecular complexity index is 929. The number of para-hydroxylation sites is 1. The van der Waals surface area contributed by atoms with Crippen LogP contribution in [-0.2, 0) is 9.59 Å². The van der Waals surface area contributed by atoms with Crippen molar-refractivity contribution in [1.82, 2.24) is 0 Å². The van der Waals surface area contributed by atoms with Crippen LogP contribution in [0, 0.1) is 35.5 Å². The minimum atomic E-state index is -0.156. The topological polar surface area (TPSA) is 46.6 Å². The molecule has 2 bridgehead atoms. The minimum Gasteiger partial charge on any atom is -0.457 e. The maximum Gasteiger partial charge on any atom is 0.238 e. The van der Waals surface area contributed by atoms with E-state index in [2.05, 4.69) is 12.2 Å². The van der Waals surface area contributed by atoms with E-state index in [9.17, 15) is 9.59 Å². The highest BCUT2D eigenvalue weighted by Crippen LogP contribution is 2.65. The van der Waals surface area contributed by atoms with Crippen LogP contribution in [0.1, 0.15) is 6.42 Å². The first-order valence-corrected chi connectivity index (χ1v) is 9.61. The molecule has 0 spiro atoms. The molecular weight excluding hydrogens is 338 g/mol. The van der Waals surface area contributed by atoms with Crippen molar-refractivity contribution in [2.45, 2.75) is 6.42 Å². The van der Waals surface area contributed by atoms with Gasteiger partial charge in [-0.15, -0.1) is 0 Å². The summed E-state index contributed by atoms with van der Waals surface area (Å²) in [6.07, 6.45) is 5.58. The number of anilines is 1. The Morgan fingerprint density at radius 1 is 0.741 bits per heavy atom. The fourth-order valence-electron chi connectivity index (χ4n) is 5.50. The zero-order valence-electron chi connectivity index (χ0n) is 14.7. The van der Waals surface area contributed by atoms with Gasteiger partial charge in [0, 0.05) is 0 Å². The fraction of sp³-hybridized carbons (Fsp3) is 0.304. The molecule has 134 valence electrons. The number of allylic oxidation sites excluding steroid dienone is 2. The molecule has 4 aliphatic carbocycles. The number of rotatable bonds is 3. The molecule has 6 atom stereocenters. The van der Waals surface area contributed by atoms with Gasteiger partial charge in [-0.25, -0.2) is 0 Å². The van der Waals surface area contributed by atoms with Gasteiger partial charge in [-0.1, -0.05) is 30.4 Å². The molecule has 2 aromatic carbocycles. The van der Waals surface area contributed by atoms with Gasteiger partial charge in [0.2, 0.25) is 11.8 Å². The van der Waals surface area contributed by atoms with Crippen molar-refractivity contribution in [3.8, 4) is 11.5 Å². The lowest BCUT2D eigenvalue weighted by molar-refractivity contribution is -0.124. The Morgan fingerprint density at radius 2 is 1.30 bits per heavy atom. The molecule has 5 aliphatic rings. The predicted octanol–water partition coefficient (Wildman–Crippen LogP) is 4.04. The van der Waals surface area contributed by atoms with E-state index in [0.29, 0.717) is 23.3 Å². The summed E-state index contributed by atoms with van der Waals surface area (Å²) in [5.41, 5.74) is 0.646. The molecule has 27 heavy (non-hydrogen) atoms. The van der Waals surface area contributed by atoms with Crippen LogP contribution in [0.3, 0.4) is 0 Å². The lowest BCUT2D eigenvalue weighted by Gasteiger charge is -2.37. The number of nitrogens with zero attached hydrogens (tertiary/aromatic N) is 1. The summed E-state index contributed by atoms with van der Waals surface area (Å²) in [5, 5.41) is 0. The van der Waals surface area contributed by atoms with Gasteiger partial charge in [0.05, 0.1) is 17.5 Å². The summed E-state index contributed by atoms with van der Waals surface area (Å²) in [5.74, 6) is 2.85. The normalized spacial score (nSPS) is 35.2. The van der Waals surface area contributed by atoms with E-state index in [1.165, 1.54) is 11.3 Å². The smallest absolute Gasteiger partial charge is 0.238 e. The van der Waals surface area contributed by atoms with Gasteiger partial charge in [-0.2, -0.15) is 0 Å². The molecule has 1 heterocycles. The highest BCUT2D eigenvalue weighted by atomic mass is 16.5. The molecule has 7 rings (SSSR count). The predicted molar refractivity (Wildman–Crippen MR) is 100 cm³/mol. The van der Waals surface area contributed by atoms with Crippen molar-refractivity contribution in [3.63, 3.8) is 0 Å². The molecule has 2 amide bonds. The summed E-state index contributed by atoms with van der Waals surface area (Å²) in [4.78, 5) is 27.7. The highest BCUT2D eigenvalue weighted by molar-refractivity contribution is 6.22. The Hall–Kier alpha value is -2.88. The van der Waals surface area contributed by atoms with Crippen LogP contribution in [0.5, 0.6) is 11.5 Å². The number of benzene rings is 2. The lowest BCUT2D eigenvalue weighted by Crippen LogP contribution is -2.40. The largest absolute Gasteiger partial charge is 0.457 e. The third-order valence-electron chi connectivity index (χ3n) is 6.74. The third kappa shape index (κ3) is 2.10. The Morgan fingerprint density at radius 3 is 1.89 bits per heavy atom. The second-order valence-electron chi connectivity index (χ2n) is 8.08. The van der Waals surface area contributed by atoms with Gasteiger partial charge >= 0.3 is 0 Å². The van der Waals surface area contributed by atoms with Gasteiger partial charge in [0.15, 0.2) is 0 Å². The molecule has 4 heteroatoms. The van der Waals surface area contributed by atoms with Crippen molar-refractivity contribution in [1.29, 1.82) is 0 Å². The number of imide groups is 1. The fourth-order valence-corrected chi connectivity index (χ4v) is 5.50. The maximum absolute atomic E-state index is 13.1. The van der Waals surface area contributed by atoms with Crippen LogP contribution < -0.4 is 9.64 Å². The van der Waals surface area contributed by atoms with Crippen LogP contribution in [0.25, 0.3) is 0 Å². The van der Waals surface area contributed by atoms with Gasteiger partial charge in [0.25, 0.3) is 0 Å². The molecule has 1 aliphatic heterocycles. The monoisotopic (exact) mass is 357 g/mol. The Kier molecular flexibility index (Phi) is 2.99. The molecule has 3 fully saturated rings. The van der Waals surface area contributed by atoms with E-state index in [-0.39, 0.29) is 35.5 Å². The van der Waals surface area contributed by atoms with Crippen molar-refractivity contribution >= 4 is 17.5 Å². The van der Waals surface area contributed by atoms with E-state index in [0.717, 1.165) is 5.75 Å². The number of ether oxygens (including phenoxy) is 1. The molecule has 1 saturated heterocycles. The summed E-state index contributed by atoms with van der Waals surface area (Å²) in [7, 11) is 0. The summed E-state index contributed by atoms with van der Waals surface area (Å²) in [6.45, 7) is 0. The van der Waals surface area contributed by atoms with Crippen LogP contribution in [-0.4, -0.2) is 11.8 Å². The van der Waals surface area contributed by atoms with E-state index in [4.69, 9.17) is 4.74 Å². The highest BCUT2D eigenvalue weighted by Gasteiger charge is 2.67. The number of hydrogen-bond donors (Lipinski definition) is 0. The first-order chi connectivity index (χ1) is 13.2. The second kappa shape index (κ2) is 5.32. The van der Waals surface area contributed by atoms with Crippen molar-refractivity contribution in [3.05, 3.63) is 66.7 Å². The molecule has 0 radical (unpaired) electrons. The summed E-state index contributed by atoms with van der Waals surface area (Å²) < 4.78 is 5.81. The Labute approximate surface area is 157 Å². The SMILES string of the molecule is O=C1[C@@H]2[C@H]3C=C[C@@H]([C@@H]4C[C@H]34)[C@@H]2C(=O)N1c1ccc(Oc2ccccc2)cc1. The lowest BCUT2D eigenvalue weighted by atomic mass is 9.63. The summed E-state index contributed by atoms with van der Waals surface area (Å²) in [6, 6.07) is 16.8. The molecule has 0 aromatic heterocycles. The molecular formula is C23H19NO3. The van der Waals surface area contributed by atoms with Crippen molar-refractivity contribution < 1.29 is 14.3 Å². The average molecular weight is 357 g/mol. The van der Waals surface area contributed by atoms with E-state index in [1.807, 2.05) is 54.6 Å². The number of amides is 2. The Balaban J connectivity index is 1.28. The van der Waals surface area contributed by atoms with Crippen molar-refractivity contribution in [2.24, 2.45) is 35.5 Å². The number of carbonyl (C=O) groups is 2. The standard InChI is InChI=1S/C23H19NO3/c25-22-20-16-10-11-17(19-12-18(16)19)21(20)23(26)24(22)13-6-8-15(9-7-13)27-14-4-2-1-3-5-14/h1-11,16-21H,12H2/t16-,17-,18-,19+,20-,21+/m0/s1. The average Bonchev–Trinajstić information content (AvgIpc) is 3.48. The molecule has 0 N–H and O–H groups in total. The van der Waals surface area contributed by atoms with Crippen LogP contribution >= 0.6 is 0 Å².